The molecule has 0 aliphatic heterocycles. The summed E-state index contributed by atoms with van der Waals surface area (Å²) >= 11 is 0. The highest BCUT2D eigenvalue weighted by Crippen LogP contribution is 2.31. The Hall–Kier alpha value is -0.0800. The van der Waals surface area contributed by atoms with E-state index in [9.17, 15) is 0 Å². The van der Waals surface area contributed by atoms with Gasteiger partial charge in [-0.15, -0.1) is 0 Å². The monoisotopic (exact) mass is 252 g/mol. The maximum absolute atomic E-state index is 3.79. The van der Waals surface area contributed by atoms with Crippen LogP contribution in [0, 0.1) is 11.8 Å². The van der Waals surface area contributed by atoms with E-state index in [-0.39, 0.29) is 0 Å². The first-order valence-electron chi connectivity index (χ1n) is 8.14. The molecule has 2 fully saturated rings. The molecule has 0 radical (unpaired) electrons. The van der Waals surface area contributed by atoms with Crippen molar-refractivity contribution in [1.82, 2.24) is 10.2 Å². The Morgan fingerprint density at radius 2 is 1.94 bits per heavy atom. The summed E-state index contributed by atoms with van der Waals surface area (Å²) in [6.07, 6.45) is 9.85. The van der Waals surface area contributed by atoms with E-state index in [1.54, 1.807) is 0 Å². The summed E-state index contributed by atoms with van der Waals surface area (Å²) < 4.78 is 0. The summed E-state index contributed by atoms with van der Waals surface area (Å²) in [5.74, 6) is 1.91. The second-order valence-corrected chi connectivity index (χ2v) is 6.78. The predicted octanol–water partition coefficient (Wildman–Crippen LogP) is 3.28. The van der Waals surface area contributed by atoms with Gasteiger partial charge in [-0.1, -0.05) is 20.3 Å². The first-order chi connectivity index (χ1) is 8.70. The van der Waals surface area contributed by atoms with Crippen LogP contribution in [0.25, 0.3) is 0 Å². The minimum absolute atomic E-state index is 0.742. The van der Waals surface area contributed by atoms with Crippen LogP contribution in [0.1, 0.15) is 58.8 Å². The van der Waals surface area contributed by atoms with Crippen LogP contribution in [-0.2, 0) is 0 Å². The van der Waals surface area contributed by atoms with Crippen molar-refractivity contribution in [1.29, 1.82) is 0 Å². The van der Waals surface area contributed by atoms with Crippen molar-refractivity contribution in [3.8, 4) is 0 Å². The van der Waals surface area contributed by atoms with Crippen LogP contribution in [0.15, 0.2) is 0 Å². The van der Waals surface area contributed by atoms with Crippen molar-refractivity contribution in [3.05, 3.63) is 0 Å². The number of nitrogens with one attached hydrogen (secondary N) is 1. The fraction of sp³-hybridized carbons (Fsp3) is 1.00. The van der Waals surface area contributed by atoms with Gasteiger partial charge < -0.3 is 10.2 Å². The number of nitrogens with zero attached hydrogens (tertiary/aromatic N) is 1. The van der Waals surface area contributed by atoms with E-state index < -0.39 is 0 Å². The lowest BCUT2D eigenvalue weighted by Crippen LogP contribution is -2.53. The molecular weight excluding hydrogens is 220 g/mol. The minimum Gasteiger partial charge on any atom is -0.312 e. The van der Waals surface area contributed by atoms with Crippen molar-refractivity contribution in [2.24, 2.45) is 11.8 Å². The van der Waals surface area contributed by atoms with E-state index >= 15 is 0 Å². The largest absolute Gasteiger partial charge is 0.312 e. The molecule has 18 heavy (non-hydrogen) atoms. The lowest BCUT2D eigenvalue weighted by molar-refractivity contribution is 0.0928. The summed E-state index contributed by atoms with van der Waals surface area (Å²) in [6, 6.07) is 1.52. The normalized spacial score (nSPS) is 33.7. The predicted molar refractivity (Wildman–Crippen MR) is 78.9 cm³/mol. The van der Waals surface area contributed by atoms with E-state index in [0.717, 1.165) is 23.9 Å². The van der Waals surface area contributed by atoms with Crippen LogP contribution < -0.4 is 5.32 Å². The van der Waals surface area contributed by atoms with Gasteiger partial charge >= 0.3 is 0 Å². The molecule has 2 saturated carbocycles. The van der Waals surface area contributed by atoms with Crippen molar-refractivity contribution >= 4 is 0 Å². The zero-order valence-corrected chi connectivity index (χ0v) is 12.6. The number of likely N-dealkylation sites (N-methyl/N-ethyl adjacent to an activating group) is 1. The van der Waals surface area contributed by atoms with Gasteiger partial charge in [0.1, 0.15) is 0 Å². The Labute approximate surface area is 114 Å². The summed E-state index contributed by atoms with van der Waals surface area (Å²) in [4.78, 5) is 2.67. The molecule has 0 heterocycles. The second-order valence-electron chi connectivity index (χ2n) is 6.78. The van der Waals surface area contributed by atoms with Gasteiger partial charge in [0.05, 0.1) is 0 Å². The molecule has 2 aliphatic carbocycles. The average molecular weight is 252 g/mol. The summed E-state index contributed by atoms with van der Waals surface area (Å²) in [7, 11) is 2.36. The standard InChI is InChI=1S/C16H32N2/c1-4-10-17-15-9-8-13(2)11-16(15)18(3)12-14-6-5-7-14/h13-17H,4-12H2,1-3H3. The molecule has 1 N–H and O–H groups in total. The highest BCUT2D eigenvalue weighted by molar-refractivity contribution is 4.90. The third-order valence-electron chi connectivity index (χ3n) is 5.07. The van der Waals surface area contributed by atoms with Gasteiger partial charge in [-0.2, -0.15) is 0 Å². The summed E-state index contributed by atoms with van der Waals surface area (Å²) in [6.45, 7) is 7.22. The van der Waals surface area contributed by atoms with E-state index in [1.807, 2.05) is 0 Å². The van der Waals surface area contributed by atoms with Crippen LogP contribution in [0.4, 0.5) is 0 Å². The molecule has 2 nitrogen and oxygen atoms in total. The maximum Gasteiger partial charge on any atom is 0.0248 e. The quantitative estimate of drug-likeness (QED) is 0.780. The second kappa shape index (κ2) is 6.91. The smallest absolute Gasteiger partial charge is 0.0248 e. The van der Waals surface area contributed by atoms with Gasteiger partial charge in [-0.3, -0.25) is 0 Å². The fourth-order valence-electron chi connectivity index (χ4n) is 3.62. The Bertz CT molecular complexity index is 235. The van der Waals surface area contributed by atoms with Crippen LogP contribution in [-0.4, -0.2) is 37.1 Å². The highest BCUT2D eigenvalue weighted by atomic mass is 15.2. The van der Waals surface area contributed by atoms with Crippen LogP contribution in [0.2, 0.25) is 0 Å². The highest BCUT2D eigenvalue weighted by Gasteiger charge is 2.32. The molecule has 3 atom stereocenters. The van der Waals surface area contributed by atoms with Crippen LogP contribution in [0.5, 0.6) is 0 Å². The van der Waals surface area contributed by atoms with Crippen molar-refractivity contribution in [3.63, 3.8) is 0 Å². The van der Waals surface area contributed by atoms with E-state index in [2.05, 4.69) is 31.1 Å². The minimum atomic E-state index is 0.742. The maximum atomic E-state index is 3.79. The van der Waals surface area contributed by atoms with Gasteiger partial charge in [0.15, 0.2) is 0 Å². The Morgan fingerprint density at radius 1 is 1.17 bits per heavy atom. The molecule has 0 aromatic carbocycles. The summed E-state index contributed by atoms with van der Waals surface area (Å²) in [5.41, 5.74) is 0. The molecule has 3 unspecified atom stereocenters. The molecule has 2 rings (SSSR count). The van der Waals surface area contributed by atoms with Crippen molar-refractivity contribution in [2.75, 3.05) is 20.1 Å². The lowest BCUT2D eigenvalue weighted by Gasteiger charge is -2.43. The molecule has 0 aromatic rings. The van der Waals surface area contributed by atoms with Crippen LogP contribution in [0.3, 0.4) is 0 Å². The molecule has 106 valence electrons. The van der Waals surface area contributed by atoms with E-state index in [1.165, 1.54) is 58.0 Å². The third kappa shape index (κ3) is 3.71. The Balaban J connectivity index is 1.86. The number of rotatable bonds is 6. The first-order valence-corrected chi connectivity index (χ1v) is 8.14. The van der Waals surface area contributed by atoms with Crippen LogP contribution >= 0.6 is 0 Å². The van der Waals surface area contributed by atoms with Gasteiger partial charge in [-0.05, 0) is 64.0 Å². The Morgan fingerprint density at radius 3 is 2.56 bits per heavy atom. The molecule has 0 spiro atoms. The van der Waals surface area contributed by atoms with E-state index in [4.69, 9.17) is 0 Å². The van der Waals surface area contributed by atoms with Gasteiger partial charge in [-0.25, -0.2) is 0 Å². The Kier molecular flexibility index (Phi) is 5.50. The van der Waals surface area contributed by atoms with Gasteiger partial charge in [0.25, 0.3) is 0 Å². The topological polar surface area (TPSA) is 15.3 Å². The number of hydrogen-bond acceptors (Lipinski definition) is 2. The first kappa shape index (κ1) is 14.3. The fourth-order valence-corrected chi connectivity index (χ4v) is 3.62. The molecule has 0 saturated heterocycles. The third-order valence-corrected chi connectivity index (χ3v) is 5.07. The SMILES string of the molecule is CCCNC1CCC(C)CC1N(C)CC1CCC1. The molecule has 0 bridgehead atoms. The zero-order chi connectivity index (χ0) is 13.0. The average Bonchev–Trinajstić information content (AvgIpc) is 2.32. The molecule has 2 aliphatic rings. The van der Waals surface area contributed by atoms with Gasteiger partial charge in [0.2, 0.25) is 0 Å². The summed E-state index contributed by atoms with van der Waals surface area (Å²) in [5, 5.41) is 3.79. The molecule has 0 aromatic heterocycles. The zero-order valence-electron chi connectivity index (χ0n) is 12.6. The van der Waals surface area contributed by atoms with E-state index in [0.29, 0.717) is 0 Å². The molecular formula is C16H32N2. The van der Waals surface area contributed by atoms with Crippen molar-refractivity contribution < 1.29 is 0 Å². The molecule has 0 amide bonds. The lowest BCUT2D eigenvalue weighted by atomic mass is 9.80. The number of hydrogen-bond donors (Lipinski definition) is 1. The molecule has 2 heteroatoms. The van der Waals surface area contributed by atoms with Gasteiger partial charge in [0, 0.05) is 18.6 Å². The van der Waals surface area contributed by atoms with Crippen molar-refractivity contribution in [2.45, 2.75) is 70.9 Å².